The summed E-state index contributed by atoms with van der Waals surface area (Å²) < 4.78 is 0. The van der Waals surface area contributed by atoms with Gasteiger partial charge in [-0.3, -0.25) is 0 Å². The van der Waals surface area contributed by atoms with Gasteiger partial charge in [0.25, 0.3) is 0 Å². The summed E-state index contributed by atoms with van der Waals surface area (Å²) in [5.41, 5.74) is 0. The molecular formula is C11H21NO2S. The van der Waals surface area contributed by atoms with Crippen molar-refractivity contribution in [3.8, 4) is 0 Å². The smallest absolute Gasteiger partial charge is 0.129 e. The van der Waals surface area contributed by atoms with Gasteiger partial charge in [0.2, 0.25) is 0 Å². The molecule has 0 aliphatic heterocycles. The van der Waals surface area contributed by atoms with Crippen LogP contribution in [0.1, 0.15) is 45.4 Å². The van der Waals surface area contributed by atoms with Crippen LogP contribution < -0.4 is 0 Å². The predicted octanol–water partition coefficient (Wildman–Crippen LogP) is 3.41. The number of hydrogen-bond acceptors (Lipinski definition) is 4. The second-order valence-corrected chi connectivity index (χ2v) is 4.94. The molecule has 0 spiro atoms. The lowest BCUT2D eigenvalue weighted by atomic mass is 10.1. The van der Waals surface area contributed by atoms with Gasteiger partial charge in [0.1, 0.15) is 5.78 Å². The Hall–Kier alpha value is -0.380. The van der Waals surface area contributed by atoms with E-state index in [-0.39, 0.29) is 5.78 Å². The zero-order chi connectivity index (χ0) is 11.5. The molecule has 0 saturated heterocycles. The largest absolute Gasteiger partial charge is 0.300 e. The maximum Gasteiger partial charge on any atom is 0.129 e. The molecule has 0 aliphatic rings. The van der Waals surface area contributed by atoms with Crippen LogP contribution in [0, 0.1) is 4.91 Å². The van der Waals surface area contributed by atoms with Crippen molar-refractivity contribution in [3.05, 3.63) is 4.91 Å². The molecule has 0 amide bonds. The van der Waals surface area contributed by atoms with Crippen LogP contribution in [0.4, 0.5) is 0 Å². The zero-order valence-electron chi connectivity index (χ0n) is 9.70. The molecule has 0 rings (SSSR count). The molecule has 1 atom stereocenters. The average molecular weight is 231 g/mol. The van der Waals surface area contributed by atoms with Gasteiger partial charge in [0.15, 0.2) is 0 Å². The standard InChI is InChI=1S/C11H21NO2S/c1-10(13)6-3-4-7-11(15-2)8-5-9-12-14/h11H,3-9H2,1-2H3. The van der Waals surface area contributed by atoms with E-state index in [0.717, 1.165) is 32.1 Å². The first-order chi connectivity index (χ1) is 7.20. The number of rotatable bonds is 10. The number of ketones is 1. The molecule has 0 fully saturated rings. The Kier molecular flexibility index (Phi) is 9.89. The fraction of sp³-hybridized carbons (Fsp3) is 0.909. The number of nitrogens with zero attached hydrogens (tertiary/aromatic N) is 1. The molecule has 3 nitrogen and oxygen atoms in total. The highest BCUT2D eigenvalue weighted by atomic mass is 32.2. The third-order valence-corrected chi connectivity index (χ3v) is 3.55. The van der Waals surface area contributed by atoms with Crippen molar-refractivity contribution < 1.29 is 4.79 Å². The zero-order valence-corrected chi connectivity index (χ0v) is 10.5. The van der Waals surface area contributed by atoms with E-state index in [9.17, 15) is 9.70 Å². The molecule has 0 aromatic heterocycles. The van der Waals surface area contributed by atoms with Crippen molar-refractivity contribution in [1.29, 1.82) is 0 Å². The van der Waals surface area contributed by atoms with Crippen LogP contribution in [0.2, 0.25) is 0 Å². The Labute approximate surface area is 96.4 Å². The van der Waals surface area contributed by atoms with Gasteiger partial charge >= 0.3 is 0 Å². The number of hydrogen-bond donors (Lipinski definition) is 0. The van der Waals surface area contributed by atoms with E-state index in [4.69, 9.17) is 0 Å². The first-order valence-corrected chi connectivity index (χ1v) is 6.80. The number of unbranched alkanes of at least 4 members (excludes halogenated alkanes) is 1. The summed E-state index contributed by atoms with van der Waals surface area (Å²) in [6.45, 7) is 2.08. The van der Waals surface area contributed by atoms with Gasteiger partial charge < -0.3 is 4.79 Å². The minimum Gasteiger partial charge on any atom is -0.300 e. The topological polar surface area (TPSA) is 46.5 Å². The Bertz CT molecular complexity index is 185. The van der Waals surface area contributed by atoms with E-state index < -0.39 is 0 Å². The summed E-state index contributed by atoms with van der Waals surface area (Å²) in [7, 11) is 0. The molecule has 0 aliphatic carbocycles. The van der Waals surface area contributed by atoms with E-state index in [0.29, 0.717) is 18.2 Å². The first kappa shape index (κ1) is 14.6. The first-order valence-electron chi connectivity index (χ1n) is 5.52. The minimum atomic E-state index is 0.279. The summed E-state index contributed by atoms with van der Waals surface area (Å²) in [4.78, 5) is 20.6. The number of nitroso groups, excluding NO2 is 1. The lowest BCUT2D eigenvalue weighted by molar-refractivity contribution is -0.117. The van der Waals surface area contributed by atoms with Gasteiger partial charge in [-0.2, -0.15) is 16.7 Å². The van der Waals surface area contributed by atoms with Crippen LogP contribution in [0.15, 0.2) is 5.18 Å². The van der Waals surface area contributed by atoms with Gasteiger partial charge in [-0.05, 0) is 38.9 Å². The summed E-state index contributed by atoms with van der Waals surface area (Å²) in [5.74, 6) is 0.279. The molecule has 88 valence electrons. The SMILES string of the molecule is CSC(CCCCC(C)=O)CCCN=O. The molecule has 1 unspecified atom stereocenters. The number of carbonyl (C=O) groups is 1. The number of carbonyl (C=O) groups excluding carboxylic acids is 1. The van der Waals surface area contributed by atoms with Gasteiger partial charge in [-0.1, -0.05) is 11.6 Å². The van der Waals surface area contributed by atoms with Gasteiger partial charge in [-0.15, -0.1) is 0 Å². The van der Waals surface area contributed by atoms with Crippen LogP contribution in [0.3, 0.4) is 0 Å². The molecule has 0 aromatic carbocycles. The highest BCUT2D eigenvalue weighted by Crippen LogP contribution is 2.20. The normalized spacial score (nSPS) is 12.4. The average Bonchev–Trinajstić information content (AvgIpc) is 2.21. The van der Waals surface area contributed by atoms with Crippen LogP contribution in [-0.2, 0) is 4.79 Å². The van der Waals surface area contributed by atoms with Crippen molar-refractivity contribution in [2.75, 3.05) is 12.8 Å². The van der Waals surface area contributed by atoms with E-state index in [1.54, 1.807) is 6.92 Å². The predicted molar refractivity (Wildman–Crippen MR) is 66.3 cm³/mol. The van der Waals surface area contributed by atoms with E-state index in [1.165, 1.54) is 0 Å². The minimum absolute atomic E-state index is 0.279. The van der Waals surface area contributed by atoms with Crippen molar-refractivity contribution in [2.45, 2.75) is 50.7 Å². The van der Waals surface area contributed by atoms with Gasteiger partial charge in [0, 0.05) is 11.7 Å². The Morgan fingerprint density at radius 2 is 1.93 bits per heavy atom. The Morgan fingerprint density at radius 1 is 1.27 bits per heavy atom. The molecule has 4 heteroatoms. The van der Waals surface area contributed by atoms with Crippen molar-refractivity contribution in [3.63, 3.8) is 0 Å². The molecular weight excluding hydrogens is 210 g/mol. The van der Waals surface area contributed by atoms with Gasteiger partial charge in [0.05, 0.1) is 6.54 Å². The maximum absolute atomic E-state index is 10.7. The molecule has 0 heterocycles. The summed E-state index contributed by atoms with van der Waals surface area (Å²) >= 11 is 1.85. The molecule has 0 aromatic rings. The lowest BCUT2D eigenvalue weighted by Gasteiger charge is -2.12. The van der Waals surface area contributed by atoms with E-state index >= 15 is 0 Å². The fourth-order valence-corrected chi connectivity index (χ4v) is 2.31. The highest BCUT2D eigenvalue weighted by Gasteiger charge is 2.06. The molecule has 0 saturated carbocycles. The van der Waals surface area contributed by atoms with Crippen LogP contribution in [0.25, 0.3) is 0 Å². The summed E-state index contributed by atoms with van der Waals surface area (Å²) in [6.07, 6.45) is 8.01. The molecule has 0 bridgehead atoms. The number of thioether (sulfide) groups is 1. The van der Waals surface area contributed by atoms with Crippen LogP contribution in [-0.4, -0.2) is 23.8 Å². The maximum atomic E-state index is 10.7. The van der Waals surface area contributed by atoms with E-state index in [1.807, 2.05) is 11.8 Å². The number of Topliss-reactive ketones (excluding diaryl/α,β-unsaturated/α-hetero) is 1. The lowest BCUT2D eigenvalue weighted by Crippen LogP contribution is -2.03. The van der Waals surface area contributed by atoms with Crippen molar-refractivity contribution in [1.82, 2.24) is 0 Å². The fourth-order valence-electron chi connectivity index (χ4n) is 1.51. The highest BCUT2D eigenvalue weighted by molar-refractivity contribution is 7.99. The Balaban J connectivity index is 3.43. The molecule has 0 N–H and O–H groups in total. The van der Waals surface area contributed by atoms with Crippen molar-refractivity contribution >= 4 is 17.5 Å². The van der Waals surface area contributed by atoms with Gasteiger partial charge in [-0.25, -0.2) is 0 Å². The summed E-state index contributed by atoms with van der Waals surface area (Å²) in [5, 5.41) is 3.48. The quantitative estimate of drug-likeness (QED) is 0.427. The molecule has 15 heavy (non-hydrogen) atoms. The third kappa shape index (κ3) is 9.91. The van der Waals surface area contributed by atoms with Crippen LogP contribution >= 0.6 is 11.8 Å². The molecule has 0 radical (unpaired) electrons. The van der Waals surface area contributed by atoms with E-state index in [2.05, 4.69) is 11.4 Å². The van der Waals surface area contributed by atoms with Crippen LogP contribution in [0.5, 0.6) is 0 Å². The third-order valence-electron chi connectivity index (χ3n) is 2.41. The summed E-state index contributed by atoms with van der Waals surface area (Å²) in [6, 6.07) is 0. The monoisotopic (exact) mass is 231 g/mol. The van der Waals surface area contributed by atoms with Crippen molar-refractivity contribution in [2.24, 2.45) is 5.18 Å². The second kappa shape index (κ2) is 10.1. The Morgan fingerprint density at radius 3 is 2.47 bits per heavy atom. The second-order valence-electron chi connectivity index (χ2n) is 3.80.